The summed E-state index contributed by atoms with van der Waals surface area (Å²) >= 11 is 7.87. The standard InChI is InChI=1S/C26H26ClN3O2S/c1-18-22(27)9-10-23-24(18)28-26(33-23)30(12-4-11-29-13-15-32-16-14-29)25(31)21-8-7-19-5-2-3-6-20(19)17-21/h2-3,5-10,17H,4,11-16H2,1H3. The monoisotopic (exact) mass is 479 g/mol. The van der Waals surface area contributed by atoms with Gasteiger partial charge in [-0.1, -0.05) is 53.3 Å². The number of benzene rings is 3. The largest absolute Gasteiger partial charge is 0.379 e. The van der Waals surface area contributed by atoms with E-state index in [1.807, 2.05) is 60.4 Å². The van der Waals surface area contributed by atoms with Crippen molar-refractivity contribution in [1.82, 2.24) is 9.88 Å². The third-order valence-corrected chi connectivity index (χ3v) is 7.62. The van der Waals surface area contributed by atoms with Gasteiger partial charge in [-0.3, -0.25) is 14.6 Å². The molecule has 1 aromatic heterocycles. The Morgan fingerprint density at radius 2 is 1.91 bits per heavy atom. The Hall–Kier alpha value is -2.51. The zero-order chi connectivity index (χ0) is 22.8. The molecule has 0 bridgehead atoms. The molecular formula is C26H26ClN3O2S. The van der Waals surface area contributed by atoms with Gasteiger partial charge in [0, 0.05) is 36.8 Å². The predicted molar refractivity (Wildman–Crippen MR) is 137 cm³/mol. The summed E-state index contributed by atoms with van der Waals surface area (Å²) in [7, 11) is 0. The molecule has 0 N–H and O–H groups in total. The number of morpholine rings is 1. The van der Waals surface area contributed by atoms with Crippen LogP contribution < -0.4 is 4.90 Å². The molecule has 3 aromatic carbocycles. The van der Waals surface area contributed by atoms with E-state index in [9.17, 15) is 4.79 Å². The number of hydrogen-bond donors (Lipinski definition) is 0. The Labute approximate surface area is 202 Å². The topological polar surface area (TPSA) is 45.7 Å². The lowest BCUT2D eigenvalue weighted by molar-refractivity contribution is 0.0376. The van der Waals surface area contributed by atoms with Gasteiger partial charge in [0.25, 0.3) is 5.91 Å². The summed E-state index contributed by atoms with van der Waals surface area (Å²) < 4.78 is 6.50. The molecule has 0 aliphatic carbocycles. The number of ether oxygens (including phenoxy) is 1. The summed E-state index contributed by atoms with van der Waals surface area (Å²) in [4.78, 5) is 22.8. The molecule has 0 unspecified atom stereocenters. The fourth-order valence-corrected chi connectivity index (χ4v) is 5.45. The Bertz CT molecular complexity index is 1300. The zero-order valence-electron chi connectivity index (χ0n) is 18.6. The second-order valence-corrected chi connectivity index (χ2v) is 9.76. The maximum atomic E-state index is 13.7. The van der Waals surface area contributed by atoms with Crippen molar-refractivity contribution in [2.75, 3.05) is 44.3 Å². The average Bonchev–Trinajstić information content (AvgIpc) is 3.29. The van der Waals surface area contributed by atoms with E-state index in [1.165, 1.54) is 0 Å². The highest BCUT2D eigenvalue weighted by molar-refractivity contribution is 7.22. The molecule has 7 heteroatoms. The van der Waals surface area contributed by atoms with Gasteiger partial charge >= 0.3 is 0 Å². The van der Waals surface area contributed by atoms with Gasteiger partial charge in [-0.2, -0.15) is 0 Å². The average molecular weight is 480 g/mol. The highest BCUT2D eigenvalue weighted by Crippen LogP contribution is 2.34. The van der Waals surface area contributed by atoms with Crippen LogP contribution in [0.5, 0.6) is 0 Å². The molecule has 4 aromatic rings. The Morgan fingerprint density at radius 3 is 2.73 bits per heavy atom. The number of carbonyl (C=O) groups is 1. The van der Waals surface area contributed by atoms with Crippen LogP contribution in [0, 0.1) is 6.92 Å². The summed E-state index contributed by atoms with van der Waals surface area (Å²) in [5.41, 5.74) is 2.49. The van der Waals surface area contributed by atoms with Crippen LogP contribution in [0.4, 0.5) is 5.13 Å². The van der Waals surface area contributed by atoms with Crippen molar-refractivity contribution in [3.8, 4) is 0 Å². The van der Waals surface area contributed by atoms with Gasteiger partial charge in [0.1, 0.15) is 0 Å². The quantitative estimate of drug-likeness (QED) is 0.351. The van der Waals surface area contributed by atoms with Crippen molar-refractivity contribution >= 4 is 55.0 Å². The number of carbonyl (C=O) groups excluding carboxylic acids is 1. The summed E-state index contributed by atoms with van der Waals surface area (Å²) in [5, 5.41) is 3.59. The SMILES string of the molecule is Cc1c(Cl)ccc2sc(N(CCCN3CCOCC3)C(=O)c3ccc4ccccc4c3)nc12. The van der Waals surface area contributed by atoms with E-state index in [2.05, 4.69) is 11.0 Å². The van der Waals surface area contributed by atoms with Crippen LogP contribution in [0.3, 0.4) is 0 Å². The summed E-state index contributed by atoms with van der Waals surface area (Å²) in [6.45, 7) is 6.95. The van der Waals surface area contributed by atoms with Crippen LogP contribution in [-0.2, 0) is 4.74 Å². The van der Waals surface area contributed by atoms with Crippen LogP contribution in [0.1, 0.15) is 22.3 Å². The van der Waals surface area contributed by atoms with Crippen molar-refractivity contribution < 1.29 is 9.53 Å². The molecular weight excluding hydrogens is 454 g/mol. The number of aryl methyl sites for hydroxylation is 1. The summed E-state index contributed by atoms with van der Waals surface area (Å²) in [6.07, 6.45) is 0.870. The maximum Gasteiger partial charge on any atom is 0.260 e. The minimum atomic E-state index is -0.0227. The predicted octanol–water partition coefficient (Wildman–Crippen LogP) is 5.78. The smallest absolute Gasteiger partial charge is 0.260 e. The molecule has 2 heterocycles. The highest BCUT2D eigenvalue weighted by atomic mass is 35.5. The van der Waals surface area contributed by atoms with Crippen LogP contribution in [-0.4, -0.2) is 55.2 Å². The molecule has 1 fully saturated rings. The minimum Gasteiger partial charge on any atom is -0.379 e. The molecule has 1 aliphatic rings. The van der Waals surface area contributed by atoms with E-state index in [-0.39, 0.29) is 5.91 Å². The van der Waals surface area contributed by atoms with E-state index < -0.39 is 0 Å². The van der Waals surface area contributed by atoms with Gasteiger partial charge in [-0.15, -0.1) is 0 Å². The van der Waals surface area contributed by atoms with Gasteiger partial charge in [0.15, 0.2) is 5.13 Å². The number of thiazole rings is 1. The Morgan fingerprint density at radius 1 is 1.12 bits per heavy atom. The molecule has 0 saturated carbocycles. The van der Waals surface area contributed by atoms with Gasteiger partial charge in [0.05, 0.1) is 23.4 Å². The number of rotatable bonds is 6. The Balaban J connectivity index is 1.45. The van der Waals surface area contributed by atoms with Gasteiger partial charge < -0.3 is 4.74 Å². The third kappa shape index (κ3) is 4.75. The molecule has 0 radical (unpaired) electrons. The van der Waals surface area contributed by atoms with Gasteiger partial charge in [-0.05, 0) is 53.9 Å². The number of amides is 1. The zero-order valence-corrected chi connectivity index (χ0v) is 20.2. The second kappa shape index (κ2) is 9.77. The van der Waals surface area contributed by atoms with Gasteiger partial charge in [0.2, 0.25) is 0 Å². The summed E-state index contributed by atoms with van der Waals surface area (Å²) in [6, 6.07) is 17.9. The molecule has 1 saturated heterocycles. The molecule has 0 atom stereocenters. The lowest BCUT2D eigenvalue weighted by Gasteiger charge is -2.27. The molecule has 0 spiro atoms. The highest BCUT2D eigenvalue weighted by Gasteiger charge is 2.23. The number of hydrogen-bond acceptors (Lipinski definition) is 5. The first-order valence-electron chi connectivity index (χ1n) is 11.3. The fourth-order valence-electron chi connectivity index (χ4n) is 4.24. The minimum absolute atomic E-state index is 0.0227. The number of halogens is 1. The van der Waals surface area contributed by atoms with Crippen LogP contribution in [0.2, 0.25) is 5.02 Å². The van der Waals surface area contributed by atoms with Crippen LogP contribution in [0.15, 0.2) is 54.6 Å². The van der Waals surface area contributed by atoms with E-state index in [0.29, 0.717) is 17.1 Å². The van der Waals surface area contributed by atoms with Crippen molar-refractivity contribution in [3.05, 3.63) is 70.7 Å². The van der Waals surface area contributed by atoms with E-state index >= 15 is 0 Å². The van der Waals surface area contributed by atoms with Crippen molar-refractivity contribution in [2.45, 2.75) is 13.3 Å². The molecule has 5 rings (SSSR count). The van der Waals surface area contributed by atoms with Crippen molar-refractivity contribution in [2.24, 2.45) is 0 Å². The third-order valence-electron chi connectivity index (χ3n) is 6.17. The molecule has 5 nitrogen and oxygen atoms in total. The first kappa shape index (κ1) is 22.3. The molecule has 1 aliphatic heterocycles. The van der Waals surface area contributed by atoms with E-state index in [4.69, 9.17) is 21.3 Å². The second-order valence-electron chi connectivity index (χ2n) is 8.34. The number of fused-ring (bicyclic) bond motifs is 2. The van der Waals surface area contributed by atoms with Gasteiger partial charge in [-0.25, -0.2) is 4.98 Å². The van der Waals surface area contributed by atoms with Crippen molar-refractivity contribution in [3.63, 3.8) is 0 Å². The maximum absolute atomic E-state index is 13.7. The Kier molecular flexibility index (Phi) is 6.60. The van der Waals surface area contributed by atoms with E-state index in [1.54, 1.807) is 11.3 Å². The number of aromatic nitrogens is 1. The molecule has 33 heavy (non-hydrogen) atoms. The first-order valence-corrected chi connectivity index (χ1v) is 12.5. The lowest BCUT2D eigenvalue weighted by Crippen LogP contribution is -2.39. The number of anilines is 1. The number of nitrogens with zero attached hydrogens (tertiary/aromatic N) is 3. The van der Waals surface area contributed by atoms with E-state index in [0.717, 1.165) is 71.0 Å². The first-order chi connectivity index (χ1) is 16.1. The van der Waals surface area contributed by atoms with Crippen LogP contribution >= 0.6 is 22.9 Å². The molecule has 1 amide bonds. The van der Waals surface area contributed by atoms with Crippen molar-refractivity contribution in [1.29, 1.82) is 0 Å². The lowest BCUT2D eigenvalue weighted by atomic mass is 10.1. The fraction of sp³-hybridized carbons (Fsp3) is 0.308. The summed E-state index contributed by atoms with van der Waals surface area (Å²) in [5.74, 6) is -0.0227. The molecule has 170 valence electrons. The van der Waals surface area contributed by atoms with Crippen LogP contribution in [0.25, 0.3) is 21.0 Å². The normalized spacial score (nSPS) is 14.7.